The zero-order chi connectivity index (χ0) is 19.7. The van der Waals surface area contributed by atoms with Crippen molar-refractivity contribution in [3.63, 3.8) is 0 Å². The van der Waals surface area contributed by atoms with E-state index in [1.54, 1.807) is 28.6 Å². The van der Waals surface area contributed by atoms with E-state index in [9.17, 15) is 9.59 Å². The normalized spacial score (nSPS) is 15.1. The van der Waals surface area contributed by atoms with Crippen molar-refractivity contribution < 1.29 is 14.3 Å². The van der Waals surface area contributed by atoms with Gasteiger partial charge in [0.15, 0.2) is 5.76 Å². The highest BCUT2D eigenvalue weighted by atomic mass is 16.4. The molecule has 28 heavy (non-hydrogen) atoms. The Bertz CT molecular complexity index is 1030. The van der Waals surface area contributed by atoms with Crippen LogP contribution in [0.3, 0.4) is 0 Å². The average Bonchev–Trinajstić information content (AvgIpc) is 3.33. The first-order chi connectivity index (χ1) is 13.6. The van der Waals surface area contributed by atoms with Crippen molar-refractivity contribution in [1.82, 2.24) is 19.2 Å². The first-order valence-electron chi connectivity index (χ1n) is 9.28. The van der Waals surface area contributed by atoms with Crippen molar-refractivity contribution in [3.8, 4) is 5.69 Å². The van der Waals surface area contributed by atoms with Gasteiger partial charge in [0.25, 0.3) is 5.91 Å². The summed E-state index contributed by atoms with van der Waals surface area (Å²) in [4.78, 5) is 26.9. The third kappa shape index (κ3) is 3.27. The van der Waals surface area contributed by atoms with E-state index in [-0.39, 0.29) is 29.9 Å². The molecule has 0 saturated carbocycles. The van der Waals surface area contributed by atoms with Crippen LogP contribution in [0.5, 0.6) is 0 Å². The van der Waals surface area contributed by atoms with Crippen molar-refractivity contribution in [2.75, 3.05) is 13.1 Å². The summed E-state index contributed by atoms with van der Waals surface area (Å²) >= 11 is 0. The van der Waals surface area contributed by atoms with Crippen molar-refractivity contribution in [2.45, 2.75) is 25.4 Å². The fraction of sp³-hybridized carbons (Fsp3) is 0.350. The summed E-state index contributed by atoms with van der Waals surface area (Å²) in [6.45, 7) is 0.877. The SMILES string of the molecule is Cn1nc(C2CCN(C(=O)c3ccc(CO)o3)CC2)n(-c2ccccc2)c1=O. The molecule has 1 aromatic carbocycles. The number of likely N-dealkylation sites (tertiary alicyclic amines) is 1. The molecule has 0 spiro atoms. The van der Waals surface area contributed by atoms with Crippen LogP contribution >= 0.6 is 0 Å². The number of hydrogen-bond acceptors (Lipinski definition) is 5. The van der Waals surface area contributed by atoms with E-state index in [2.05, 4.69) is 5.10 Å². The van der Waals surface area contributed by atoms with Gasteiger partial charge in [-0.3, -0.25) is 4.79 Å². The zero-order valence-electron chi connectivity index (χ0n) is 15.6. The molecule has 0 bridgehead atoms. The lowest BCUT2D eigenvalue weighted by Crippen LogP contribution is -2.38. The van der Waals surface area contributed by atoms with E-state index in [4.69, 9.17) is 9.52 Å². The van der Waals surface area contributed by atoms with Crippen LogP contribution in [0, 0.1) is 0 Å². The summed E-state index contributed by atoms with van der Waals surface area (Å²) < 4.78 is 8.37. The van der Waals surface area contributed by atoms with Crippen LogP contribution in [0.2, 0.25) is 0 Å². The lowest BCUT2D eigenvalue weighted by Gasteiger charge is -2.31. The molecule has 0 aliphatic carbocycles. The summed E-state index contributed by atoms with van der Waals surface area (Å²) in [7, 11) is 1.65. The van der Waals surface area contributed by atoms with Crippen LogP contribution in [0.15, 0.2) is 51.7 Å². The molecule has 0 radical (unpaired) electrons. The Balaban J connectivity index is 1.52. The summed E-state index contributed by atoms with van der Waals surface area (Å²) in [5, 5.41) is 13.6. The number of nitrogens with zero attached hydrogens (tertiary/aromatic N) is 4. The van der Waals surface area contributed by atoms with Gasteiger partial charge in [-0.25, -0.2) is 14.0 Å². The number of rotatable bonds is 4. The Kier molecular flexibility index (Phi) is 4.87. The van der Waals surface area contributed by atoms with Crippen molar-refractivity contribution >= 4 is 5.91 Å². The Morgan fingerprint density at radius 1 is 1.18 bits per heavy atom. The second kappa shape index (κ2) is 7.47. The Morgan fingerprint density at radius 3 is 2.54 bits per heavy atom. The first kappa shape index (κ1) is 18.2. The quantitative estimate of drug-likeness (QED) is 0.741. The molecule has 0 unspecified atom stereocenters. The predicted octanol–water partition coefficient (Wildman–Crippen LogP) is 1.68. The number of aryl methyl sites for hydroxylation is 1. The van der Waals surface area contributed by atoms with Gasteiger partial charge in [-0.2, -0.15) is 5.10 Å². The summed E-state index contributed by atoms with van der Waals surface area (Å²) in [6, 6.07) is 12.7. The second-order valence-corrected chi connectivity index (χ2v) is 6.93. The van der Waals surface area contributed by atoms with Gasteiger partial charge in [0, 0.05) is 26.1 Å². The molecule has 3 aromatic rings. The van der Waals surface area contributed by atoms with Gasteiger partial charge in [0.2, 0.25) is 0 Å². The van der Waals surface area contributed by atoms with E-state index in [0.717, 1.165) is 11.5 Å². The zero-order valence-corrected chi connectivity index (χ0v) is 15.6. The number of hydrogen-bond donors (Lipinski definition) is 1. The number of benzene rings is 1. The number of furan rings is 1. The van der Waals surface area contributed by atoms with Gasteiger partial charge in [0.05, 0.1) is 5.69 Å². The van der Waals surface area contributed by atoms with Crippen LogP contribution in [0.1, 0.15) is 40.9 Å². The Hall–Kier alpha value is -3.13. The fourth-order valence-corrected chi connectivity index (χ4v) is 3.64. The second-order valence-electron chi connectivity index (χ2n) is 6.93. The van der Waals surface area contributed by atoms with Crippen molar-refractivity contribution in [2.24, 2.45) is 7.05 Å². The topological polar surface area (TPSA) is 93.5 Å². The van der Waals surface area contributed by atoms with E-state index in [1.807, 2.05) is 30.3 Å². The molecule has 2 aromatic heterocycles. The minimum Gasteiger partial charge on any atom is -0.453 e. The molecular formula is C20H22N4O4. The molecule has 8 heteroatoms. The highest BCUT2D eigenvalue weighted by molar-refractivity contribution is 5.91. The van der Waals surface area contributed by atoms with E-state index < -0.39 is 0 Å². The molecule has 146 valence electrons. The monoisotopic (exact) mass is 382 g/mol. The largest absolute Gasteiger partial charge is 0.453 e. The lowest BCUT2D eigenvalue weighted by molar-refractivity contribution is 0.0674. The molecule has 4 rings (SSSR count). The fourth-order valence-electron chi connectivity index (χ4n) is 3.64. The lowest BCUT2D eigenvalue weighted by atomic mass is 9.95. The molecular weight excluding hydrogens is 360 g/mol. The number of aliphatic hydroxyl groups excluding tert-OH is 1. The van der Waals surface area contributed by atoms with Crippen LogP contribution in [-0.2, 0) is 13.7 Å². The third-order valence-corrected chi connectivity index (χ3v) is 5.14. The van der Waals surface area contributed by atoms with Gasteiger partial charge < -0.3 is 14.4 Å². The molecule has 1 aliphatic heterocycles. The maximum Gasteiger partial charge on any atom is 0.350 e. The molecule has 1 amide bonds. The van der Waals surface area contributed by atoms with Crippen LogP contribution < -0.4 is 5.69 Å². The Morgan fingerprint density at radius 2 is 1.89 bits per heavy atom. The van der Waals surface area contributed by atoms with Crippen molar-refractivity contribution in [3.05, 3.63) is 70.3 Å². The molecule has 8 nitrogen and oxygen atoms in total. The van der Waals surface area contributed by atoms with Crippen LogP contribution in [0.25, 0.3) is 5.69 Å². The van der Waals surface area contributed by atoms with Gasteiger partial charge in [-0.15, -0.1) is 0 Å². The van der Waals surface area contributed by atoms with Crippen LogP contribution in [0.4, 0.5) is 0 Å². The molecule has 3 heterocycles. The number of carbonyl (C=O) groups excluding carboxylic acids is 1. The molecule has 1 saturated heterocycles. The predicted molar refractivity (Wildman–Crippen MR) is 101 cm³/mol. The molecule has 1 aliphatic rings. The standard InChI is InChI=1S/C20H22N4O4/c1-22-20(27)24(15-5-3-2-4-6-15)18(21-22)14-9-11-23(12-10-14)19(26)17-8-7-16(13-25)28-17/h2-8,14,25H,9-13H2,1H3. The van der Waals surface area contributed by atoms with Gasteiger partial charge in [-0.1, -0.05) is 18.2 Å². The maximum atomic E-state index is 12.6. The number of aromatic nitrogens is 3. The van der Waals surface area contributed by atoms with Crippen LogP contribution in [-0.4, -0.2) is 43.4 Å². The van der Waals surface area contributed by atoms with E-state index in [0.29, 0.717) is 31.7 Å². The van der Waals surface area contributed by atoms with Gasteiger partial charge in [-0.05, 0) is 37.1 Å². The molecule has 1 fully saturated rings. The van der Waals surface area contributed by atoms with Gasteiger partial charge in [0.1, 0.15) is 18.2 Å². The number of carbonyl (C=O) groups is 1. The minimum atomic E-state index is -0.230. The summed E-state index contributed by atoms with van der Waals surface area (Å²) in [5.74, 6) is 1.24. The highest BCUT2D eigenvalue weighted by Gasteiger charge is 2.30. The minimum absolute atomic E-state index is 0.0859. The Labute approximate surface area is 161 Å². The van der Waals surface area contributed by atoms with E-state index >= 15 is 0 Å². The van der Waals surface area contributed by atoms with Crippen molar-refractivity contribution in [1.29, 1.82) is 0 Å². The number of amides is 1. The first-order valence-corrected chi connectivity index (χ1v) is 9.28. The average molecular weight is 382 g/mol. The third-order valence-electron chi connectivity index (χ3n) is 5.14. The number of piperidine rings is 1. The number of aliphatic hydroxyl groups is 1. The summed E-state index contributed by atoms with van der Waals surface area (Å²) in [5.41, 5.74) is 0.619. The number of para-hydroxylation sites is 1. The molecule has 0 atom stereocenters. The van der Waals surface area contributed by atoms with E-state index in [1.165, 1.54) is 4.68 Å². The smallest absolute Gasteiger partial charge is 0.350 e. The summed E-state index contributed by atoms with van der Waals surface area (Å²) in [6.07, 6.45) is 1.42. The maximum absolute atomic E-state index is 12.6. The highest BCUT2D eigenvalue weighted by Crippen LogP contribution is 2.28. The molecule has 1 N–H and O–H groups in total. The van der Waals surface area contributed by atoms with Gasteiger partial charge >= 0.3 is 5.69 Å².